The number of piperazine rings is 1. The molecule has 5 rings (SSSR count). The van der Waals surface area contributed by atoms with Gasteiger partial charge in [-0.15, -0.1) is 0 Å². The number of carbonyl (C=O) groups excluding carboxylic acids is 1. The molecular weight excluding hydrogens is 527 g/mol. The maximum Gasteiger partial charge on any atom is 0.254 e. The zero-order valence-corrected chi connectivity index (χ0v) is 22.9. The molecular formula is C31H31FN4O3S. The van der Waals surface area contributed by atoms with Gasteiger partial charge in [-0.05, 0) is 48.4 Å². The van der Waals surface area contributed by atoms with E-state index >= 15 is 0 Å². The summed E-state index contributed by atoms with van der Waals surface area (Å²) < 4.78 is 18.0. The van der Waals surface area contributed by atoms with Crippen LogP contribution < -0.4 is 9.62 Å². The molecule has 4 aromatic rings. The number of hydrogen-bond acceptors (Lipinski definition) is 7. The molecule has 0 saturated carbocycles. The van der Waals surface area contributed by atoms with Gasteiger partial charge in [-0.1, -0.05) is 60.5 Å². The summed E-state index contributed by atoms with van der Waals surface area (Å²) in [4.78, 5) is 20.9. The molecule has 7 nitrogen and oxygen atoms in total. The summed E-state index contributed by atoms with van der Waals surface area (Å²) >= 11 is 1.46. The molecule has 1 aliphatic rings. The summed E-state index contributed by atoms with van der Waals surface area (Å²) in [6.07, 6.45) is 2.75. The van der Waals surface area contributed by atoms with E-state index in [0.29, 0.717) is 31.7 Å². The topological polar surface area (TPSA) is 88.9 Å². The number of anilines is 1. The number of halogens is 1. The first kappa shape index (κ1) is 27.6. The van der Waals surface area contributed by atoms with E-state index in [0.717, 1.165) is 17.0 Å². The van der Waals surface area contributed by atoms with Crippen molar-refractivity contribution in [2.45, 2.75) is 18.4 Å². The molecule has 0 radical (unpaired) electrons. The number of amides is 1. The molecule has 1 saturated heterocycles. The lowest BCUT2D eigenvalue weighted by Gasteiger charge is -2.36. The predicted molar refractivity (Wildman–Crippen MR) is 156 cm³/mol. The molecule has 1 amide bonds. The summed E-state index contributed by atoms with van der Waals surface area (Å²) in [5.41, 5.74) is 2.77. The van der Waals surface area contributed by atoms with Crippen molar-refractivity contribution in [2.24, 2.45) is 0 Å². The van der Waals surface area contributed by atoms with Crippen molar-refractivity contribution >= 4 is 23.5 Å². The average molecular weight is 559 g/mol. The number of nitrogens with one attached hydrogen (secondary N) is 1. The van der Waals surface area contributed by atoms with Gasteiger partial charge in [0.25, 0.3) is 5.91 Å². The quantitative estimate of drug-likeness (QED) is 0.203. The van der Waals surface area contributed by atoms with Crippen LogP contribution in [0.1, 0.15) is 28.4 Å². The second-order valence-corrected chi connectivity index (χ2v) is 10.7. The van der Waals surface area contributed by atoms with Crippen LogP contribution in [-0.2, 0) is 11.5 Å². The molecule has 1 aliphatic heterocycles. The maximum atomic E-state index is 14.8. The molecule has 1 unspecified atom stereocenters. The Labute approximate surface area is 237 Å². The monoisotopic (exact) mass is 558 g/mol. The summed E-state index contributed by atoms with van der Waals surface area (Å²) in [5, 5.41) is 20.6. The predicted octanol–water partition coefficient (Wildman–Crippen LogP) is 5.16. The van der Waals surface area contributed by atoms with Gasteiger partial charge in [-0.25, -0.2) is 9.11 Å². The second-order valence-electron chi connectivity index (χ2n) is 9.90. The molecule has 0 aliphatic carbocycles. The Morgan fingerprint density at radius 1 is 1.00 bits per heavy atom. The largest absolute Gasteiger partial charge is 0.506 e. The van der Waals surface area contributed by atoms with Crippen LogP contribution in [0.2, 0.25) is 0 Å². The lowest BCUT2D eigenvalue weighted by Crippen LogP contribution is -2.48. The number of benzene rings is 3. The van der Waals surface area contributed by atoms with E-state index in [-0.39, 0.29) is 22.8 Å². The van der Waals surface area contributed by atoms with Crippen LogP contribution >= 0.6 is 11.9 Å². The van der Waals surface area contributed by atoms with E-state index in [9.17, 15) is 19.4 Å². The van der Waals surface area contributed by atoms with E-state index in [2.05, 4.69) is 26.7 Å². The molecule has 3 N–H and O–H groups in total. The van der Waals surface area contributed by atoms with Crippen LogP contribution in [-0.4, -0.2) is 52.2 Å². The smallest absolute Gasteiger partial charge is 0.254 e. The summed E-state index contributed by atoms with van der Waals surface area (Å²) in [6, 6.07) is 23.7. The van der Waals surface area contributed by atoms with Crippen molar-refractivity contribution in [1.82, 2.24) is 14.6 Å². The molecule has 1 aromatic heterocycles. The third-order valence-corrected chi connectivity index (χ3v) is 7.98. The van der Waals surface area contributed by atoms with Crippen LogP contribution in [0.15, 0.2) is 91.3 Å². The molecule has 0 spiro atoms. The lowest BCUT2D eigenvalue weighted by atomic mass is 10.0. The van der Waals surface area contributed by atoms with E-state index < -0.39 is 11.5 Å². The highest BCUT2D eigenvalue weighted by molar-refractivity contribution is 7.96. The van der Waals surface area contributed by atoms with Gasteiger partial charge in [0.05, 0.1) is 6.20 Å². The highest BCUT2D eigenvalue weighted by Crippen LogP contribution is 2.27. The van der Waals surface area contributed by atoms with E-state index in [4.69, 9.17) is 0 Å². The van der Waals surface area contributed by atoms with Crippen molar-refractivity contribution in [1.29, 1.82) is 0 Å². The Balaban J connectivity index is 1.15. The average Bonchev–Trinajstić information content (AvgIpc) is 2.97. The minimum absolute atomic E-state index is 0.0514. The summed E-state index contributed by atoms with van der Waals surface area (Å²) in [6.45, 7) is 4.04. The number of nitrogens with zero attached hydrogens (tertiary/aromatic N) is 3. The van der Waals surface area contributed by atoms with Gasteiger partial charge < -0.3 is 20.0 Å². The molecule has 206 valence electrons. The number of aromatic hydroxyl groups is 1. The molecule has 40 heavy (non-hydrogen) atoms. The van der Waals surface area contributed by atoms with Crippen LogP contribution in [0, 0.1) is 5.82 Å². The highest BCUT2D eigenvalue weighted by atomic mass is 32.2. The third kappa shape index (κ3) is 6.44. The van der Waals surface area contributed by atoms with Crippen molar-refractivity contribution in [3.05, 3.63) is 114 Å². The summed E-state index contributed by atoms with van der Waals surface area (Å²) in [5.74, 6) is -0.0703. The Morgan fingerprint density at radius 2 is 1.73 bits per heavy atom. The first-order valence-corrected chi connectivity index (χ1v) is 14.0. The van der Waals surface area contributed by atoms with Crippen LogP contribution in [0.25, 0.3) is 11.1 Å². The van der Waals surface area contributed by atoms with E-state index in [1.807, 2.05) is 42.5 Å². The molecule has 1 atom stereocenters. The number of rotatable bonds is 8. The number of carbonyl (C=O) groups is 1. The third-order valence-electron chi connectivity index (χ3n) is 6.96. The van der Waals surface area contributed by atoms with Crippen molar-refractivity contribution < 1.29 is 19.4 Å². The number of aliphatic hydroxyl groups is 1. The van der Waals surface area contributed by atoms with Gasteiger partial charge in [0.2, 0.25) is 0 Å². The minimum atomic E-state index is -1.19. The fourth-order valence-corrected chi connectivity index (χ4v) is 5.53. The fourth-order valence-electron chi connectivity index (χ4n) is 4.70. The van der Waals surface area contributed by atoms with Gasteiger partial charge in [0.15, 0.2) is 0 Å². The van der Waals surface area contributed by atoms with Gasteiger partial charge in [0, 0.05) is 60.5 Å². The highest BCUT2D eigenvalue weighted by Gasteiger charge is 2.25. The maximum absolute atomic E-state index is 14.8. The normalized spacial score (nSPS) is 15.1. The molecule has 0 bridgehead atoms. The number of hydrogen-bond donors (Lipinski definition) is 3. The van der Waals surface area contributed by atoms with Crippen molar-refractivity contribution in [3.8, 4) is 16.9 Å². The SMILES string of the molecule is CC(O)(NSCc1ccccc1)c1ccc(N2CCN(C(=O)c3ccc(-c4cncc(O)c4)c(F)c3)CC2)cc1. The van der Waals surface area contributed by atoms with E-state index in [1.165, 1.54) is 42.0 Å². The minimum Gasteiger partial charge on any atom is -0.506 e. The van der Waals surface area contributed by atoms with Gasteiger partial charge in [-0.2, -0.15) is 0 Å². The zero-order valence-electron chi connectivity index (χ0n) is 22.1. The molecule has 3 aromatic carbocycles. The van der Waals surface area contributed by atoms with Crippen LogP contribution in [0.5, 0.6) is 5.75 Å². The zero-order chi connectivity index (χ0) is 28.1. The van der Waals surface area contributed by atoms with Crippen molar-refractivity contribution in [3.63, 3.8) is 0 Å². The van der Waals surface area contributed by atoms with Crippen LogP contribution in [0.3, 0.4) is 0 Å². The number of aromatic nitrogens is 1. The standard InChI is InChI=1S/C31H31FN4O3S/c1-31(39,34-40-21-22-5-3-2-4-6-22)25-8-10-26(11-9-25)35-13-15-36(16-14-35)30(38)23-7-12-28(29(32)18-23)24-17-27(37)20-33-19-24/h2-12,17-20,34,37,39H,13-16,21H2,1H3. The Morgan fingerprint density at radius 3 is 2.40 bits per heavy atom. The summed E-state index contributed by atoms with van der Waals surface area (Å²) in [7, 11) is 0. The van der Waals surface area contributed by atoms with Gasteiger partial charge >= 0.3 is 0 Å². The second kappa shape index (κ2) is 12.1. The lowest BCUT2D eigenvalue weighted by molar-refractivity contribution is 0.0483. The first-order valence-electron chi connectivity index (χ1n) is 13.0. The first-order chi connectivity index (χ1) is 19.3. The number of pyridine rings is 1. The van der Waals surface area contributed by atoms with Gasteiger partial charge in [0.1, 0.15) is 17.3 Å². The van der Waals surface area contributed by atoms with E-state index in [1.54, 1.807) is 24.0 Å². The van der Waals surface area contributed by atoms with Gasteiger partial charge in [-0.3, -0.25) is 9.78 Å². The molecule has 1 fully saturated rings. The molecule has 2 heterocycles. The Bertz CT molecular complexity index is 1460. The Hall–Kier alpha value is -3.92. The van der Waals surface area contributed by atoms with Crippen LogP contribution in [0.4, 0.5) is 10.1 Å². The fraction of sp³-hybridized carbons (Fsp3) is 0.226. The Kier molecular flexibility index (Phi) is 8.35. The van der Waals surface area contributed by atoms with Crippen molar-refractivity contribution in [2.75, 3.05) is 31.1 Å². The molecule has 9 heteroatoms.